The first-order valence-electron chi connectivity index (χ1n) is 9.82. The fourth-order valence-electron chi connectivity index (χ4n) is 3.36. The van der Waals surface area contributed by atoms with E-state index in [1.807, 2.05) is 48.3 Å². The van der Waals surface area contributed by atoms with E-state index in [0.29, 0.717) is 41.7 Å². The van der Waals surface area contributed by atoms with E-state index in [-0.39, 0.29) is 5.88 Å². The molecule has 9 nitrogen and oxygen atoms in total. The Kier molecular flexibility index (Phi) is 5.00. The summed E-state index contributed by atoms with van der Waals surface area (Å²) in [5.41, 5.74) is 9.63. The smallest absolute Gasteiger partial charge is 0.324 e. The Morgan fingerprint density at radius 2 is 1.97 bits per heavy atom. The summed E-state index contributed by atoms with van der Waals surface area (Å²) < 4.78 is 10.5. The molecule has 2 N–H and O–H groups in total. The zero-order chi connectivity index (χ0) is 21.4. The minimum Gasteiger partial charge on any atom is -0.857 e. The van der Waals surface area contributed by atoms with E-state index in [9.17, 15) is 5.11 Å². The summed E-state index contributed by atoms with van der Waals surface area (Å²) in [5.74, 6) is -0.371. The van der Waals surface area contributed by atoms with Gasteiger partial charge in [-0.2, -0.15) is 0 Å². The highest BCUT2D eigenvalue weighted by molar-refractivity contribution is 7.21. The minimum absolute atomic E-state index is 0.113. The average molecular weight is 436 g/mol. The lowest BCUT2D eigenvalue weighted by Gasteiger charge is -2.18. The molecule has 3 aromatic heterocycles. The van der Waals surface area contributed by atoms with Crippen molar-refractivity contribution in [2.45, 2.75) is 6.92 Å². The van der Waals surface area contributed by atoms with Crippen LogP contribution in [-0.4, -0.2) is 42.5 Å². The molecule has 0 bridgehead atoms. The fourth-order valence-corrected chi connectivity index (χ4v) is 4.34. The van der Waals surface area contributed by atoms with Gasteiger partial charge in [-0.1, -0.05) is 29.8 Å². The van der Waals surface area contributed by atoms with Crippen molar-refractivity contribution in [3.63, 3.8) is 0 Å². The maximum Gasteiger partial charge on any atom is 0.324 e. The predicted molar refractivity (Wildman–Crippen MR) is 116 cm³/mol. The number of benzene rings is 1. The molecule has 0 spiro atoms. The molecule has 1 aliphatic rings. The van der Waals surface area contributed by atoms with Crippen LogP contribution in [0.25, 0.3) is 21.5 Å². The molecule has 4 heterocycles. The van der Waals surface area contributed by atoms with Gasteiger partial charge in [0.15, 0.2) is 0 Å². The van der Waals surface area contributed by atoms with Crippen LogP contribution in [0.1, 0.15) is 10.4 Å². The number of anilines is 1. The van der Waals surface area contributed by atoms with Crippen molar-refractivity contribution in [1.82, 2.24) is 10.3 Å². The number of hydrogen-bond donors (Lipinski definition) is 1. The van der Waals surface area contributed by atoms with Crippen LogP contribution in [-0.2, 0) is 4.74 Å². The van der Waals surface area contributed by atoms with Crippen molar-refractivity contribution in [2.75, 3.05) is 37.0 Å². The molecule has 0 saturated carbocycles. The van der Waals surface area contributed by atoms with E-state index >= 15 is 0 Å². The number of aliphatic imine (C=N–C) groups is 1. The molecule has 0 atom stereocenters. The van der Waals surface area contributed by atoms with Gasteiger partial charge in [0, 0.05) is 16.8 Å². The van der Waals surface area contributed by atoms with E-state index in [4.69, 9.17) is 20.0 Å². The van der Waals surface area contributed by atoms with Crippen molar-refractivity contribution in [3.05, 3.63) is 53.0 Å². The highest BCUT2D eigenvalue weighted by atomic mass is 32.1. The van der Waals surface area contributed by atoms with Gasteiger partial charge in [-0.05, 0) is 19.1 Å². The summed E-state index contributed by atoms with van der Waals surface area (Å²) in [7, 11) is 0. The molecule has 0 unspecified atom stereocenters. The Morgan fingerprint density at radius 3 is 2.74 bits per heavy atom. The molecule has 5 rings (SSSR count). The standard InChI is InChI=1S/C21H20N6O3S/c1-13-2-4-14(5-3-13)16-7-6-15-18(22)19(31-21(15)23-16)20(28)24-17-12-27(25-30-17)26-8-10-29-11-9-26/h2-7,12H,8-11H2,1H3,(H2-,22,24,25,28). The van der Waals surface area contributed by atoms with Crippen LogP contribution >= 0.6 is 11.3 Å². The van der Waals surface area contributed by atoms with Gasteiger partial charge in [-0.3, -0.25) is 4.52 Å². The summed E-state index contributed by atoms with van der Waals surface area (Å²) >= 11 is 1.22. The fraction of sp³-hybridized carbons (Fsp3) is 0.238. The third-order valence-electron chi connectivity index (χ3n) is 5.07. The third-order valence-corrected chi connectivity index (χ3v) is 6.17. The van der Waals surface area contributed by atoms with E-state index < -0.39 is 5.90 Å². The first-order valence-corrected chi connectivity index (χ1v) is 10.6. The normalized spacial score (nSPS) is 15.0. The Hall–Kier alpha value is -3.50. The predicted octanol–water partition coefficient (Wildman–Crippen LogP) is 1.54. The number of nitrogen functional groups attached to an aromatic ring is 1. The second-order valence-electron chi connectivity index (χ2n) is 7.20. The van der Waals surface area contributed by atoms with Crippen LogP contribution in [0.4, 0.5) is 11.6 Å². The number of fused-ring (bicyclic) bond motifs is 1. The molecule has 4 aromatic rings. The second-order valence-corrected chi connectivity index (χ2v) is 8.20. The van der Waals surface area contributed by atoms with Gasteiger partial charge >= 0.3 is 5.88 Å². The van der Waals surface area contributed by atoms with Gasteiger partial charge in [0.2, 0.25) is 5.27 Å². The number of nitrogens with zero attached hydrogens (tertiary/aromatic N) is 5. The Morgan fingerprint density at radius 1 is 1.19 bits per heavy atom. The number of thiophene rings is 1. The Labute approximate surface area is 182 Å². The summed E-state index contributed by atoms with van der Waals surface area (Å²) in [4.78, 5) is 11.3. The molecule has 1 fully saturated rings. The van der Waals surface area contributed by atoms with Crippen LogP contribution in [0.5, 0.6) is 0 Å². The van der Waals surface area contributed by atoms with E-state index in [2.05, 4.69) is 10.3 Å². The lowest BCUT2D eigenvalue weighted by atomic mass is 10.1. The number of pyridine rings is 1. The van der Waals surface area contributed by atoms with E-state index in [0.717, 1.165) is 16.6 Å². The number of rotatable bonds is 4. The van der Waals surface area contributed by atoms with Gasteiger partial charge in [0.25, 0.3) is 6.20 Å². The number of aryl methyl sites for hydroxylation is 1. The van der Waals surface area contributed by atoms with Gasteiger partial charge < -0.3 is 15.6 Å². The first kappa shape index (κ1) is 19.5. The van der Waals surface area contributed by atoms with Gasteiger partial charge in [0.05, 0.1) is 47.4 Å². The lowest BCUT2D eigenvalue weighted by Crippen LogP contribution is -2.62. The number of ether oxygens (including phenoxy) is 1. The molecule has 0 radical (unpaired) electrons. The summed E-state index contributed by atoms with van der Waals surface area (Å²) in [6.45, 7) is 4.63. The Balaban J connectivity index is 1.44. The van der Waals surface area contributed by atoms with Crippen molar-refractivity contribution in [1.29, 1.82) is 0 Å². The molecule has 31 heavy (non-hydrogen) atoms. The molecule has 1 aromatic carbocycles. The monoisotopic (exact) mass is 436 g/mol. The highest BCUT2D eigenvalue weighted by Gasteiger charge is 2.23. The Bertz CT molecular complexity index is 1260. The molecular weight excluding hydrogens is 416 g/mol. The topological polar surface area (TPSA) is 117 Å². The van der Waals surface area contributed by atoms with Crippen LogP contribution in [0.3, 0.4) is 0 Å². The molecule has 0 amide bonds. The maximum absolute atomic E-state index is 12.8. The van der Waals surface area contributed by atoms with Crippen molar-refractivity contribution in [2.24, 2.45) is 4.99 Å². The zero-order valence-corrected chi connectivity index (χ0v) is 17.6. The highest BCUT2D eigenvalue weighted by Crippen LogP contribution is 2.34. The van der Waals surface area contributed by atoms with Crippen LogP contribution in [0.15, 0.2) is 52.1 Å². The SMILES string of the molecule is Cc1ccc(-c2ccc3c(N)c(/C([O-])=N/c4c[n+](N5CCOCC5)no4)sc3n2)cc1. The third kappa shape index (κ3) is 3.82. The first-order chi connectivity index (χ1) is 15.1. The zero-order valence-electron chi connectivity index (χ0n) is 16.8. The molecule has 0 aliphatic carbocycles. The van der Waals surface area contributed by atoms with Gasteiger partial charge in [-0.15, -0.1) is 16.3 Å². The maximum atomic E-state index is 12.8. The summed E-state index contributed by atoms with van der Waals surface area (Å²) in [5, 5.41) is 19.4. The van der Waals surface area contributed by atoms with Gasteiger partial charge in [0.1, 0.15) is 4.83 Å². The molecule has 1 aliphatic heterocycles. The summed E-state index contributed by atoms with van der Waals surface area (Å²) in [6.07, 6.45) is 1.57. The number of nitrogens with two attached hydrogens (primary N) is 1. The van der Waals surface area contributed by atoms with Crippen molar-refractivity contribution in [3.8, 4) is 11.3 Å². The number of aromatic nitrogens is 3. The van der Waals surface area contributed by atoms with Crippen molar-refractivity contribution < 1.29 is 19.2 Å². The average Bonchev–Trinajstić information content (AvgIpc) is 3.39. The number of hydrogen-bond acceptors (Lipinski definition) is 9. The van der Waals surface area contributed by atoms with Crippen LogP contribution in [0.2, 0.25) is 0 Å². The molecule has 1 saturated heterocycles. The van der Waals surface area contributed by atoms with E-state index in [1.54, 1.807) is 6.20 Å². The molecular formula is C21H20N6O3S. The summed E-state index contributed by atoms with van der Waals surface area (Å²) in [6, 6.07) is 11.9. The largest absolute Gasteiger partial charge is 0.857 e. The molecule has 158 valence electrons. The van der Waals surface area contributed by atoms with Crippen LogP contribution < -0.4 is 20.6 Å². The lowest BCUT2D eigenvalue weighted by molar-refractivity contribution is -0.759. The van der Waals surface area contributed by atoms with Crippen LogP contribution in [0, 0.1) is 6.92 Å². The van der Waals surface area contributed by atoms with Gasteiger partial charge in [-0.25, -0.2) is 9.98 Å². The number of morpholine rings is 1. The van der Waals surface area contributed by atoms with Crippen molar-refractivity contribution >= 4 is 39.0 Å². The quantitative estimate of drug-likeness (QED) is 0.293. The molecule has 10 heteroatoms. The van der Waals surface area contributed by atoms with E-state index in [1.165, 1.54) is 21.7 Å². The second kappa shape index (κ2) is 7.97. The minimum atomic E-state index is -0.484.